The van der Waals surface area contributed by atoms with Gasteiger partial charge >= 0.3 is 0 Å². The quantitative estimate of drug-likeness (QED) is 0.396. The molecule has 27 heavy (non-hydrogen) atoms. The van der Waals surface area contributed by atoms with Crippen molar-refractivity contribution in [1.82, 2.24) is 9.97 Å². The van der Waals surface area contributed by atoms with Gasteiger partial charge in [0.1, 0.15) is 10.6 Å². The van der Waals surface area contributed by atoms with Crippen LogP contribution in [-0.2, 0) is 4.79 Å². The van der Waals surface area contributed by atoms with E-state index in [-0.39, 0.29) is 23.0 Å². The highest BCUT2D eigenvalue weighted by Crippen LogP contribution is 2.31. The maximum atomic E-state index is 12.5. The van der Waals surface area contributed by atoms with Crippen LogP contribution in [0.2, 0.25) is 0 Å². The molecule has 1 aliphatic rings. The number of aromatic amines is 1. The van der Waals surface area contributed by atoms with Crippen LogP contribution in [0, 0.1) is 6.92 Å². The lowest BCUT2D eigenvalue weighted by molar-refractivity contribution is -0.122. The highest BCUT2D eigenvalue weighted by molar-refractivity contribution is 7.99. The van der Waals surface area contributed by atoms with Gasteiger partial charge < -0.3 is 15.0 Å². The zero-order valence-electron chi connectivity index (χ0n) is 14.5. The van der Waals surface area contributed by atoms with Crippen molar-refractivity contribution in [1.29, 1.82) is 0 Å². The van der Waals surface area contributed by atoms with E-state index in [1.54, 1.807) is 31.2 Å². The van der Waals surface area contributed by atoms with E-state index >= 15 is 0 Å². The lowest BCUT2D eigenvalue weighted by atomic mass is 10.1. The van der Waals surface area contributed by atoms with Crippen LogP contribution in [0.15, 0.2) is 34.2 Å². The molecule has 9 heteroatoms. The zero-order valence-corrected chi connectivity index (χ0v) is 16.1. The number of anilines is 1. The third-order valence-electron chi connectivity index (χ3n) is 4.08. The fourth-order valence-corrected chi connectivity index (χ4v) is 4.39. The molecular formula is C18H15N3O4S2. The minimum Gasteiger partial charge on any atom is -0.479 e. The van der Waals surface area contributed by atoms with Crippen LogP contribution in [0.4, 0.5) is 5.69 Å². The molecule has 7 nitrogen and oxygen atoms in total. The average molecular weight is 401 g/mol. The Kier molecular flexibility index (Phi) is 4.48. The Morgan fingerprint density at radius 3 is 2.96 bits per heavy atom. The summed E-state index contributed by atoms with van der Waals surface area (Å²) in [5.74, 6) is 0.266. The summed E-state index contributed by atoms with van der Waals surface area (Å²) in [7, 11) is 0. The third-order valence-corrected chi connectivity index (χ3v) is 5.89. The highest BCUT2D eigenvalue weighted by atomic mass is 32.2. The van der Waals surface area contributed by atoms with Crippen LogP contribution in [0.1, 0.15) is 22.2 Å². The molecule has 0 bridgehead atoms. The van der Waals surface area contributed by atoms with Crippen molar-refractivity contribution < 1.29 is 14.3 Å². The van der Waals surface area contributed by atoms with Crippen molar-refractivity contribution >= 4 is 50.7 Å². The van der Waals surface area contributed by atoms with Gasteiger partial charge in [0.25, 0.3) is 11.5 Å². The van der Waals surface area contributed by atoms with Gasteiger partial charge in [-0.15, -0.1) is 11.3 Å². The lowest BCUT2D eigenvalue weighted by Crippen LogP contribution is -2.34. The number of H-pyrrole nitrogens is 1. The monoisotopic (exact) mass is 401 g/mol. The molecule has 0 spiro atoms. The molecule has 0 saturated carbocycles. The molecule has 1 atom stereocenters. The number of fused-ring (bicyclic) bond motifs is 2. The van der Waals surface area contributed by atoms with E-state index in [2.05, 4.69) is 15.3 Å². The summed E-state index contributed by atoms with van der Waals surface area (Å²) in [5, 5.41) is 3.70. The van der Waals surface area contributed by atoms with Crippen molar-refractivity contribution in [2.24, 2.45) is 0 Å². The predicted octanol–water partition coefficient (Wildman–Crippen LogP) is 2.99. The summed E-state index contributed by atoms with van der Waals surface area (Å²) in [6.07, 6.45) is -0.562. The molecule has 1 aliphatic heterocycles. The summed E-state index contributed by atoms with van der Waals surface area (Å²) in [4.78, 5) is 45.1. The van der Waals surface area contributed by atoms with E-state index in [1.807, 2.05) is 6.92 Å². The van der Waals surface area contributed by atoms with E-state index in [1.165, 1.54) is 23.1 Å². The van der Waals surface area contributed by atoms with Crippen molar-refractivity contribution in [3.63, 3.8) is 0 Å². The summed E-state index contributed by atoms with van der Waals surface area (Å²) < 4.78 is 5.49. The van der Waals surface area contributed by atoms with Crippen molar-refractivity contribution in [2.75, 3.05) is 11.1 Å². The van der Waals surface area contributed by atoms with Crippen molar-refractivity contribution in [2.45, 2.75) is 25.1 Å². The zero-order chi connectivity index (χ0) is 19.1. The summed E-state index contributed by atoms with van der Waals surface area (Å²) in [5.41, 5.74) is 0.730. The summed E-state index contributed by atoms with van der Waals surface area (Å²) in [6.45, 7) is 3.58. The van der Waals surface area contributed by atoms with Gasteiger partial charge in [0, 0.05) is 10.4 Å². The maximum Gasteiger partial charge on any atom is 0.265 e. The fraction of sp³-hybridized carbons (Fsp3) is 0.222. The van der Waals surface area contributed by atoms with E-state index in [4.69, 9.17) is 4.74 Å². The molecule has 4 rings (SSSR count). The topological polar surface area (TPSA) is 101 Å². The van der Waals surface area contributed by atoms with E-state index in [0.717, 1.165) is 4.88 Å². The number of ether oxygens (including phenoxy) is 1. The van der Waals surface area contributed by atoms with Gasteiger partial charge in [-0.25, -0.2) is 4.98 Å². The molecule has 0 fully saturated rings. The Balaban J connectivity index is 1.51. The van der Waals surface area contributed by atoms with E-state index in [9.17, 15) is 14.4 Å². The van der Waals surface area contributed by atoms with Crippen LogP contribution < -0.4 is 15.6 Å². The van der Waals surface area contributed by atoms with Gasteiger partial charge in [-0.05, 0) is 38.1 Å². The average Bonchev–Trinajstić information content (AvgIpc) is 3.01. The Labute approximate surface area is 162 Å². The van der Waals surface area contributed by atoms with Crippen LogP contribution in [0.3, 0.4) is 0 Å². The number of thioether (sulfide) groups is 1. The number of nitrogens with one attached hydrogen (secondary N) is 2. The second-order valence-electron chi connectivity index (χ2n) is 6.12. The second-order valence-corrected chi connectivity index (χ2v) is 8.32. The number of Topliss-reactive ketones (excluding diaryl/α,β-unsaturated/α-hetero) is 1. The number of ketones is 1. The van der Waals surface area contributed by atoms with E-state index in [0.29, 0.717) is 32.4 Å². The molecule has 1 unspecified atom stereocenters. The largest absolute Gasteiger partial charge is 0.479 e. The first-order valence-corrected chi connectivity index (χ1v) is 9.99. The molecule has 0 saturated heterocycles. The maximum absolute atomic E-state index is 12.5. The Hall–Kier alpha value is -2.65. The van der Waals surface area contributed by atoms with Crippen LogP contribution in [-0.4, -0.2) is 33.5 Å². The summed E-state index contributed by atoms with van der Waals surface area (Å²) >= 11 is 2.62. The number of carbonyl (C=O) groups is 2. The van der Waals surface area contributed by atoms with Crippen LogP contribution in [0.25, 0.3) is 10.2 Å². The molecule has 1 amide bonds. The fourth-order valence-electron chi connectivity index (χ4n) is 2.70. The number of benzene rings is 1. The standard InChI is InChI=1S/C18H15N3O4S2/c1-8-5-11-16(24)20-18(21-17(11)27-8)26-7-13(22)10-3-4-14-12(6-10)19-15(23)9(2)25-14/h3-6,9H,7H2,1-2H3,(H,19,23)(H,20,21,24). The first kappa shape index (κ1) is 17.7. The first-order valence-electron chi connectivity index (χ1n) is 8.19. The lowest BCUT2D eigenvalue weighted by Gasteiger charge is -2.23. The smallest absolute Gasteiger partial charge is 0.265 e. The molecule has 3 aromatic rings. The van der Waals surface area contributed by atoms with Gasteiger partial charge in [0.15, 0.2) is 17.0 Å². The minimum atomic E-state index is -0.562. The Morgan fingerprint density at radius 2 is 2.15 bits per heavy atom. The van der Waals surface area contributed by atoms with Crippen molar-refractivity contribution in [3.8, 4) is 5.75 Å². The van der Waals surface area contributed by atoms with Gasteiger partial charge in [-0.3, -0.25) is 14.4 Å². The number of aryl methyl sites for hydroxylation is 1. The molecule has 1 aromatic carbocycles. The van der Waals surface area contributed by atoms with Gasteiger partial charge in [0.05, 0.1) is 16.8 Å². The van der Waals surface area contributed by atoms with Gasteiger partial charge in [-0.2, -0.15) is 0 Å². The second kappa shape index (κ2) is 6.82. The molecule has 0 aliphatic carbocycles. The van der Waals surface area contributed by atoms with Crippen LogP contribution >= 0.6 is 23.1 Å². The number of hydrogen-bond acceptors (Lipinski definition) is 7. The van der Waals surface area contributed by atoms with Crippen molar-refractivity contribution in [3.05, 3.63) is 45.1 Å². The van der Waals surface area contributed by atoms with Gasteiger partial charge in [0.2, 0.25) is 0 Å². The molecule has 3 heterocycles. The number of hydrogen-bond donors (Lipinski definition) is 2. The number of rotatable bonds is 4. The van der Waals surface area contributed by atoms with Crippen LogP contribution in [0.5, 0.6) is 5.75 Å². The number of carbonyl (C=O) groups excluding carboxylic acids is 2. The Morgan fingerprint density at radius 1 is 1.33 bits per heavy atom. The molecule has 2 N–H and O–H groups in total. The Bertz CT molecular complexity index is 1140. The number of thiophene rings is 1. The molecular weight excluding hydrogens is 386 g/mol. The number of aromatic nitrogens is 2. The van der Waals surface area contributed by atoms with Gasteiger partial charge in [-0.1, -0.05) is 11.8 Å². The third kappa shape index (κ3) is 3.47. The summed E-state index contributed by atoms with van der Waals surface area (Å²) in [6, 6.07) is 6.73. The molecule has 2 aromatic heterocycles. The predicted molar refractivity (Wildman–Crippen MR) is 105 cm³/mol. The number of amides is 1. The number of nitrogens with zero attached hydrogens (tertiary/aromatic N) is 1. The highest BCUT2D eigenvalue weighted by Gasteiger charge is 2.24. The SMILES string of the molecule is Cc1cc2c(=O)[nH]c(SCC(=O)c3ccc4c(c3)NC(=O)C(C)O4)nc2s1. The minimum absolute atomic E-state index is 0.114. The van der Waals surface area contributed by atoms with E-state index < -0.39 is 6.10 Å². The molecule has 138 valence electrons. The molecule has 0 radical (unpaired) electrons. The first-order chi connectivity index (χ1) is 12.9. The normalized spacial score (nSPS) is 15.9.